The van der Waals surface area contributed by atoms with E-state index in [1.807, 2.05) is 51.1 Å². The minimum absolute atomic E-state index is 0.0376. The molecule has 2 atom stereocenters. The normalized spacial score (nSPS) is 13.2. The van der Waals surface area contributed by atoms with Gasteiger partial charge in [-0.25, -0.2) is 8.42 Å². The molecule has 0 aliphatic carbocycles. The molecule has 33 heavy (non-hydrogen) atoms. The van der Waals surface area contributed by atoms with Crippen molar-refractivity contribution in [3.05, 3.63) is 64.1 Å². The Labute approximate surface area is 205 Å². The largest absolute Gasteiger partial charge is 0.352 e. The zero-order valence-electron chi connectivity index (χ0n) is 19.7. The smallest absolute Gasteiger partial charge is 0.244 e. The first-order valence-corrected chi connectivity index (χ1v) is 13.4. The summed E-state index contributed by atoms with van der Waals surface area (Å²) in [6.45, 7) is 7.14. The highest BCUT2D eigenvalue weighted by Crippen LogP contribution is 2.20. The van der Waals surface area contributed by atoms with Crippen LogP contribution < -0.4 is 9.62 Å². The van der Waals surface area contributed by atoms with Crippen LogP contribution in [0.1, 0.15) is 38.3 Å². The summed E-state index contributed by atoms with van der Waals surface area (Å²) in [5, 5.41) is 2.91. The van der Waals surface area contributed by atoms with Gasteiger partial charge in [0, 0.05) is 17.1 Å². The van der Waals surface area contributed by atoms with Crippen LogP contribution in [0, 0.1) is 6.92 Å². The molecule has 9 heteroatoms. The van der Waals surface area contributed by atoms with Gasteiger partial charge in [0.25, 0.3) is 0 Å². The summed E-state index contributed by atoms with van der Waals surface area (Å²) in [7, 11) is -3.73. The van der Waals surface area contributed by atoms with Crippen molar-refractivity contribution in [2.75, 3.05) is 17.1 Å². The summed E-state index contributed by atoms with van der Waals surface area (Å²) >= 11 is 3.40. The van der Waals surface area contributed by atoms with Gasteiger partial charge in [-0.2, -0.15) is 0 Å². The van der Waals surface area contributed by atoms with Crippen molar-refractivity contribution >= 4 is 43.5 Å². The van der Waals surface area contributed by atoms with Crippen LogP contribution in [-0.2, 0) is 26.2 Å². The van der Waals surface area contributed by atoms with Gasteiger partial charge in [-0.05, 0) is 62.6 Å². The number of carbonyl (C=O) groups excluding carboxylic acids is 2. The Morgan fingerprint density at radius 3 is 2.27 bits per heavy atom. The molecule has 0 spiro atoms. The van der Waals surface area contributed by atoms with Crippen molar-refractivity contribution in [3.8, 4) is 0 Å². The molecule has 0 radical (unpaired) electrons. The van der Waals surface area contributed by atoms with Crippen LogP contribution >= 0.6 is 15.9 Å². The van der Waals surface area contributed by atoms with Crippen LogP contribution in [0.15, 0.2) is 53.0 Å². The highest BCUT2D eigenvalue weighted by Gasteiger charge is 2.30. The fourth-order valence-corrected chi connectivity index (χ4v) is 4.34. The molecule has 2 amide bonds. The van der Waals surface area contributed by atoms with Crippen molar-refractivity contribution in [1.29, 1.82) is 0 Å². The first-order valence-electron chi connectivity index (χ1n) is 10.8. The number of halogens is 1. The lowest BCUT2D eigenvalue weighted by atomic mass is 10.1. The third-order valence-electron chi connectivity index (χ3n) is 5.40. The van der Waals surface area contributed by atoms with Gasteiger partial charge in [0.15, 0.2) is 0 Å². The number of rotatable bonds is 10. The zero-order chi connectivity index (χ0) is 24.8. The van der Waals surface area contributed by atoms with Crippen molar-refractivity contribution in [2.45, 2.75) is 52.7 Å². The van der Waals surface area contributed by atoms with Gasteiger partial charge in [0.05, 0.1) is 11.9 Å². The van der Waals surface area contributed by atoms with E-state index in [2.05, 4.69) is 21.2 Å². The van der Waals surface area contributed by atoms with Crippen LogP contribution in [0.3, 0.4) is 0 Å². The predicted molar refractivity (Wildman–Crippen MR) is 135 cm³/mol. The second-order valence-electron chi connectivity index (χ2n) is 8.25. The number of amides is 2. The quantitative estimate of drug-likeness (QED) is 0.498. The topological polar surface area (TPSA) is 86.8 Å². The molecular weight excluding hydrogens is 506 g/mol. The van der Waals surface area contributed by atoms with Gasteiger partial charge in [-0.1, -0.05) is 47.1 Å². The molecule has 0 heterocycles. The van der Waals surface area contributed by atoms with Gasteiger partial charge >= 0.3 is 0 Å². The maximum Gasteiger partial charge on any atom is 0.244 e. The van der Waals surface area contributed by atoms with Crippen LogP contribution in [0.25, 0.3) is 0 Å². The zero-order valence-corrected chi connectivity index (χ0v) is 22.1. The monoisotopic (exact) mass is 537 g/mol. The summed E-state index contributed by atoms with van der Waals surface area (Å²) in [5.41, 5.74) is 2.11. The van der Waals surface area contributed by atoms with E-state index < -0.39 is 28.5 Å². The average Bonchev–Trinajstić information content (AvgIpc) is 2.75. The Balaban J connectivity index is 2.37. The van der Waals surface area contributed by atoms with E-state index in [0.717, 1.165) is 32.6 Å². The number of hydrogen-bond acceptors (Lipinski definition) is 4. The summed E-state index contributed by atoms with van der Waals surface area (Å²) in [6, 6.07) is 13.6. The first kappa shape index (κ1) is 26.9. The molecule has 2 aromatic rings. The summed E-state index contributed by atoms with van der Waals surface area (Å²) in [5.74, 6) is -0.743. The number of hydrogen-bond donors (Lipinski definition) is 1. The number of aryl methyl sites for hydroxylation is 1. The molecule has 0 aromatic heterocycles. The standard InChI is InChI=1S/C24H32BrN3O4S/c1-6-18(3)26-24(30)19(4)27(15-20-10-12-21(25)13-11-20)23(29)16-28(33(5,31)32)22-9-7-8-17(2)14-22/h7-14,18-19H,6,15-16H2,1-5H3,(H,26,30)/t18-,19-/m0/s1. The third kappa shape index (κ3) is 7.85. The minimum Gasteiger partial charge on any atom is -0.352 e. The Kier molecular flexibility index (Phi) is 9.48. The number of nitrogens with one attached hydrogen (secondary N) is 1. The fourth-order valence-electron chi connectivity index (χ4n) is 3.23. The van der Waals surface area contributed by atoms with Gasteiger partial charge in [0.1, 0.15) is 12.6 Å². The van der Waals surface area contributed by atoms with Crippen molar-refractivity contribution in [2.24, 2.45) is 0 Å². The SMILES string of the molecule is CC[C@H](C)NC(=O)[C@H](C)N(Cc1ccc(Br)cc1)C(=O)CN(c1cccc(C)c1)S(C)(=O)=O. The fraction of sp³-hybridized carbons (Fsp3) is 0.417. The predicted octanol–water partition coefficient (Wildman–Crippen LogP) is 3.86. The van der Waals surface area contributed by atoms with Gasteiger partial charge < -0.3 is 10.2 Å². The summed E-state index contributed by atoms with van der Waals surface area (Å²) in [6.07, 6.45) is 1.83. The van der Waals surface area contributed by atoms with Gasteiger partial charge in [-0.3, -0.25) is 13.9 Å². The molecule has 0 saturated carbocycles. The van der Waals surface area contributed by atoms with Gasteiger partial charge in [-0.15, -0.1) is 0 Å². The lowest BCUT2D eigenvalue weighted by molar-refractivity contribution is -0.139. The number of anilines is 1. The van der Waals surface area contributed by atoms with E-state index in [1.54, 1.807) is 25.1 Å². The molecule has 1 N–H and O–H groups in total. The minimum atomic E-state index is -3.73. The van der Waals surface area contributed by atoms with E-state index in [-0.39, 0.29) is 18.5 Å². The molecule has 0 aliphatic rings. The molecule has 180 valence electrons. The molecule has 0 unspecified atom stereocenters. The van der Waals surface area contributed by atoms with Crippen LogP contribution in [-0.4, -0.2) is 50.0 Å². The van der Waals surface area contributed by atoms with E-state index in [4.69, 9.17) is 0 Å². The Morgan fingerprint density at radius 1 is 1.09 bits per heavy atom. The summed E-state index contributed by atoms with van der Waals surface area (Å²) < 4.78 is 27.1. The van der Waals surface area contributed by atoms with Crippen molar-refractivity contribution < 1.29 is 18.0 Å². The molecule has 0 bridgehead atoms. The van der Waals surface area contributed by atoms with E-state index in [9.17, 15) is 18.0 Å². The molecule has 0 saturated heterocycles. The van der Waals surface area contributed by atoms with Crippen molar-refractivity contribution in [1.82, 2.24) is 10.2 Å². The number of carbonyl (C=O) groups is 2. The van der Waals surface area contributed by atoms with E-state index in [0.29, 0.717) is 5.69 Å². The number of nitrogens with zero attached hydrogens (tertiary/aromatic N) is 2. The second-order valence-corrected chi connectivity index (χ2v) is 11.1. The Morgan fingerprint density at radius 2 is 1.73 bits per heavy atom. The second kappa shape index (κ2) is 11.7. The average molecular weight is 539 g/mol. The molecule has 0 aliphatic heterocycles. The highest BCUT2D eigenvalue weighted by atomic mass is 79.9. The van der Waals surface area contributed by atoms with E-state index >= 15 is 0 Å². The molecule has 2 rings (SSSR count). The molecule has 7 nitrogen and oxygen atoms in total. The lowest BCUT2D eigenvalue weighted by Gasteiger charge is -2.32. The number of sulfonamides is 1. The number of benzene rings is 2. The third-order valence-corrected chi connectivity index (χ3v) is 7.07. The van der Waals surface area contributed by atoms with Crippen LogP contribution in [0.5, 0.6) is 0 Å². The summed E-state index contributed by atoms with van der Waals surface area (Å²) in [4.78, 5) is 27.7. The maximum atomic E-state index is 13.5. The lowest BCUT2D eigenvalue weighted by Crippen LogP contribution is -2.52. The van der Waals surface area contributed by atoms with Crippen molar-refractivity contribution in [3.63, 3.8) is 0 Å². The van der Waals surface area contributed by atoms with E-state index in [1.165, 1.54) is 4.90 Å². The maximum absolute atomic E-state index is 13.5. The molecule has 2 aromatic carbocycles. The Bertz CT molecular complexity index is 1070. The van der Waals surface area contributed by atoms with Gasteiger partial charge in [0.2, 0.25) is 21.8 Å². The Hall–Kier alpha value is -2.39. The highest BCUT2D eigenvalue weighted by molar-refractivity contribution is 9.10. The first-order chi connectivity index (χ1) is 15.4. The van der Waals surface area contributed by atoms with Crippen LogP contribution in [0.4, 0.5) is 5.69 Å². The molecular formula is C24H32BrN3O4S. The molecule has 0 fully saturated rings. The van der Waals surface area contributed by atoms with Crippen LogP contribution in [0.2, 0.25) is 0 Å².